The Morgan fingerprint density at radius 2 is 1.67 bits per heavy atom. The van der Waals surface area contributed by atoms with Crippen LogP contribution in [-0.4, -0.2) is 11.9 Å². The van der Waals surface area contributed by atoms with Gasteiger partial charge in [0.05, 0.1) is 6.04 Å². The van der Waals surface area contributed by atoms with Gasteiger partial charge in [-0.1, -0.05) is 54.1 Å². The molecule has 0 aromatic heterocycles. The molecule has 21 heavy (non-hydrogen) atoms. The van der Waals surface area contributed by atoms with E-state index in [2.05, 4.69) is 10.6 Å². The summed E-state index contributed by atoms with van der Waals surface area (Å²) in [6.07, 6.45) is 0. The third kappa shape index (κ3) is 4.33. The summed E-state index contributed by atoms with van der Waals surface area (Å²) in [7, 11) is 0. The molecule has 5 heteroatoms. The average Bonchev–Trinajstić information content (AvgIpc) is 2.45. The summed E-state index contributed by atoms with van der Waals surface area (Å²) in [5.74, 6) is -0.412. The van der Waals surface area contributed by atoms with Crippen LogP contribution in [0.2, 0.25) is 5.02 Å². The van der Waals surface area contributed by atoms with E-state index in [1.165, 1.54) is 6.92 Å². The second-order valence-corrected chi connectivity index (χ2v) is 4.99. The minimum absolute atomic E-state index is 0.385. The van der Waals surface area contributed by atoms with E-state index >= 15 is 0 Å². The molecule has 0 fully saturated rings. The number of nitrogens with one attached hydrogen (secondary N) is 2. The summed E-state index contributed by atoms with van der Waals surface area (Å²) < 4.78 is 0. The molecule has 0 heterocycles. The van der Waals surface area contributed by atoms with E-state index < -0.39 is 11.9 Å². The number of amides is 3. The van der Waals surface area contributed by atoms with Crippen LogP contribution < -0.4 is 10.6 Å². The monoisotopic (exact) mass is 302 g/mol. The molecular weight excluding hydrogens is 288 g/mol. The number of rotatable bonds is 3. The molecule has 108 valence electrons. The van der Waals surface area contributed by atoms with Crippen LogP contribution in [0.1, 0.15) is 24.1 Å². The van der Waals surface area contributed by atoms with E-state index in [1.807, 2.05) is 42.5 Å². The Balaban J connectivity index is 2.31. The first-order chi connectivity index (χ1) is 10.1. The van der Waals surface area contributed by atoms with E-state index in [0.717, 1.165) is 11.1 Å². The summed E-state index contributed by atoms with van der Waals surface area (Å²) >= 11 is 6.01. The largest absolute Gasteiger partial charge is 0.327 e. The van der Waals surface area contributed by atoms with Crippen LogP contribution in [0.25, 0.3) is 0 Å². The predicted molar refractivity (Wildman–Crippen MR) is 82.1 cm³/mol. The molecule has 2 aromatic rings. The number of imide groups is 1. The van der Waals surface area contributed by atoms with Crippen molar-refractivity contribution in [2.75, 3.05) is 0 Å². The van der Waals surface area contributed by atoms with Crippen LogP contribution in [0.3, 0.4) is 0 Å². The molecule has 0 radical (unpaired) electrons. The lowest BCUT2D eigenvalue weighted by Crippen LogP contribution is -2.40. The van der Waals surface area contributed by atoms with Crippen molar-refractivity contribution in [2.24, 2.45) is 0 Å². The van der Waals surface area contributed by atoms with Gasteiger partial charge in [0.25, 0.3) is 0 Å². The van der Waals surface area contributed by atoms with Gasteiger partial charge < -0.3 is 5.32 Å². The van der Waals surface area contributed by atoms with Crippen LogP contribution in [0.5, 0.6) is 0 Å². The van der Waals surface area contributed by atoms with Crippen molar-refractivity contribution in [3.8, 4) is 0 Å². The Hall–Kier alpha value is -2.33. The molecule has 0 aliphatic rings. The summed E-state index contributed by atoms with van der Waals surface area (Å²) in [6, 6.07) is 15.8. The molecule has 2 rings (SSSR count). The highest BCUT2D eigenvalue weighted by Gasteiger charge is 2.17. The maximum atomic E-state index is 11.8. The Morgan fingerprint density at radius 1 is 1.00 bits per heavy atom. The fourth-order valence-electron chi connectivity index (χ4n) is 2.02. The van der Waals surface area contributed by atoms with Crippen molar-refractivity contribution >= 4 is 23.5 Å². The molecule has 0 bridgehead atoms. The second-order valence-electron chi connectivity index (χ2n) is 4.55. The molecule has 2 aromatic carbocycles. The van der Waals surface area contributed by atoms with Gasteiger partial charge in [-0.05, 0) is 23.3 Å². The van der Waals surface area contributed by atoms with Gasteiger partial charge in [-0.3, -0.25) is 10.1 Å². The lowest BCUT2D eigenvalue weighted by atomic mass is 9.99. The maximum absolute atomic E-state index is 11.8. The lowest BCUT2D eigenvalue weighted by molar-refractivity contribution is -0.117. The van der Waals surface area contributed by atoms with Crippen LogP contribution in [0, 0.1) is 0 Å². The van der Waals surface area contributed by atoms with E-state index in [1.54, 1.807) is 12.1 Å². The van der Waals surface area contributed by atoms with Crippen LogP contribution in [0.4, 0.5) is 4.79 Å². The third-order valence-corrected chi connectivity index (χ3v) is 3.12. The zero-order valence-corrected chi connectivity index (χ0v) is 12.2. The zero-order valence-electron chi connectivity index (χ0n) is 11.5. The van der Waals surface area contributed by atoms with Crippen LogP contribution in [0.15, 0.2) is 54.6 Å². The second kappa shape index (κ2) is 6.90. The van der Waals surface area contributed by atoms with Gasteiger partial charge in [0.15, 0.2) is 0 Å². The predicted octanol–water partition coefficient (Wildman–Crippen LogP) is 3.28. The lowest BCUT2D eigenvalue weighted by Gasteiger charge is -2.20. The topological polar surface area (TPSA) is 58.2 Å². The Kier molecular flexibility index (Phi) is 4.95. The number of carbonyl (C=O) groups is 2. The number of halogens is 1. The third-order valence-electron chi connectivity index (χ3n) is 2.88. The molecule has 0 saturated heterocycles. The van der Waals surface area contributed by atoms with Gasteiger partial charge in [0.2, 0.25) is 5.91 Å². The minimum atomic E-state index is -0.545. The molecule has 0 saturated carbocycles. The van der Waals surface area contributed by atoms with E-state index in [4.69, 9.17) is 11.6 Å². The maximum Gasteiger partial charge on any atom is 0.322 e. The Morgan fingerprint density at radius 3 is 2.29 bits per heavy atom. The van der Waals surface area contributed by atoms with Crippen LogP contribution >= 0.6 is 11.6 Å². The Labute approximate surface area is 128 Å². The molecule has 4 nitrogen and oxygen atoms in total. The van der Waals surface area contributed by atoms with Gasteiger partial charge in [-0.25, -0.2) is 4.79 Å². The van der Waals surface area contributed by atoms with Crippen molar-refractivity contribution in [1.29, 1.82) is 0 Å². The first kappa shape index (κ1) is 15.1. The van der Waals surface area contributed by atoms with Gasteiger partial charge in [0.1, 0.15) is 0 Å². The van der Waals surface area contributed by atoms with Gasteiger partial charge in [-0.15, -0.1) is 0 Å². The number of hydrogen-bond donors (Lipinski definition) is 2. The van der Waals surface area contributed by atoms with E-state index in [-0.39, 0.29) is 6.04 Å². The number of urea groups is 1. The van der Waals surface area contributed by atoms with Gasteiger partial charge >= 0.3 is 6.03 Å². The Bertz CT molecular complexity index is 644. The molecule has 1 atom stereocenters. The smallest absolute Gasteiger partial charge is 0.322 e. The number of carbonyl (C=O) groups excluding carboxylic acids is 2. The van der Waals surface area contributed by atoms with Crippen LogP contribution in [-0.2, 0) is 4.79 Å². The summed E-state index contributed by atoms with van der Waals surface area (Å²) in [5, 5.41) is 5.57. The van der Waals surface area contributed by atoms with Crippen molar-refractivity contribution < 1.29 is 9.59 Å². The minimum Gasteiger partial charge on any atom is -0.327 e. The fraction of sp³-hybridized carbons (Fsp3) is 0.125. The molecular formula is C16H15ClN2O2. The summed E-state index contributed by atoms with van der Waals surface area (Å²) in [5.41, 5.74) is 1.74. The summed E-state index contributed by atoms with van der Waals surface area (Å²) in [4.78, 5) is 22.8. The number of hydrogen-bond acceptors (Lipinski definition) is 2. The first-order valence-electron chi connectivity index (χ1n) is 6.45. The van der Waals surface area contributed by atoms with Crippen molar-refractivity contribution in [3.63, 3.8) is 0 Å². The highest BCUT2D eigenvalue weighted by atomic mass is 35.5. The molecule has 3 amide bonds. The quantitative estimate of drug-likeness (QED) is 0.914. The standard InChI is InChI=1S/C16H15ClN2O2/c1-11(20)18-16(21)19-15(12-6-3-2-4-7-12)13-8-5-9-14(17)10-13/h2-10,15H,1H3,(H2,18,19,20,21)/t15-/m1/s1. The highest BCUT2D eigenvalue weighted by Crippen LogP contribution is 2.24. The average molecular weight is 303 g/mol. The molecule has 0 aliphatic heterocycles. The van der Waals surface area contributed by atoms with E-state index in [9.17, 15) is 9.59 Å². The van der Waals surface area contributed by atoms with Crippen molar-refractivity contribution in [3.05, 3.63) is 70.7 Å². The highest BCUT2D eigenvalue weighted by molar-refractivity contribution is 6.30. The SMILES string of the molecule is CC(=O)NC(=O)N[C@H](c1ccccc1)c1cccc(Cl)c1. The normalized spacial score (nSPS) is 11.5. The van der Waals surface area contributed by atoms with Gasteiger partial charge in [-0.2, -0.15) is 0 Å². The number of benzene rings is 2. The van der Waals surface area contributed by atoms with Crippen molar-refractivity contribution in [2.45, 2.75) is 13.0 Å². The molecule has 2 N–H and O–H groups in total. The zero-order chi connectivity index (χ0) is 15.2. The van der Waals surface area contributed by atoms with Gasteiger partial charge in [0, 0.05) is 11.9 Å². The van der Waals surface area contributed by atoms with E-state index in [0.29, 0.717) is 5.02 Å². The molecule has 0 aliphatic carbocycles. The summed E-state index contributed by atoms with van der Waals surface area (Å²) in [6.45, 7) is 1.29. The molecule has 0 unspecified atom stereocenters. The first-order valence-corrected chi connectivity index (χ1v) is 6.82. The fourth-order valence-corrected chi connectivity index (χ4v) is 2.22. The molecule has 0 spiro atoms. The van der Waals surface area contributed by atoms with Crippen molar-refractivity contribution in [1.82, 2.24) is 10.6 Å².